The highest BCUT2D eigenvalue weighted by Crippen LogP contribution is 2.08. The summed E-state index contributed by atoms with van der Waals surface area (Å²) in [5, 5.41) is 8.95. The van der Waals surface area contributed by atoms with Crippen molar-refractivity contribution >= 4 is 21.7 Å². The monoisotopic (exact) mass is 286 g/mol. The third-order valence-corrected chi connectivity index (χ3v) is 3.31. The fourth-order valence-corrected chi connectivity index (χ4v) is 1.94. The van der Waals surface area contributed by atoms with Crippen molar-refractivity contribution in [3.05, 3.63) is 29.6 Å². The maximum absolute atomic E-state index is 12.0. The van der Waals surface area contributed by atoms with Crippen LogP contribution in [-0.2, 0) is 9.84 Å². The smallest absolute Gasteiger partial charge is 0.338 e. The average molecular weight is 286 g/mol. The molecule has 0 atom stereocenters. The van der Waals surface area contributed by atoms with Crippen LogP contribution >= 0.6 is 0 Å². The third kappa shape index (κ3) is 4.32. The van der Waals surface area contributed by atoms with Crippen molar-refractivity contribution in [1.29, 1.82) is 0 Å². The molecule has 0 unspecified atom stereocenters. The number of aromatic carboxylic acids is 1. The van der Waals surface area contributed by atoms with Gasteiger partial charge in [0.1, 0.15) is 15.5 Å². The Morgan fingerprint density at radius 1 is 1.42 bits per heavy atom. The third-order valence-electron chi connectivity index (χ3n) is 2.38. The van der Waals surface area contributed by atoms with Gasteiger partial charge in [0, 0.05) is 26.0 Å². The van der Waals surface area contributed by atoms with Crippen LogP contribution < -0.4 is 0 Å². The number of nitrogens with zero attached hydrogens (tertiary/aromatic N) is 2. The molecule has 8 heteroatoms. The second-order valence-electron chi connectivity index (χ2n) is 4.06. The highest BCUT2D eigenvalue weighted by Gasteiger charge is 2.21. The number of hydrogen-bond donors (Lipinski definition) is 1. The Balaban J connectivity index is 2.92. The number of amides is 1. The lowest BCUT2D eigenvalue weighted by Gasteiger charge is -2.16. The zero-order chi connectivity index (χ0) is 14.6. The Labute approximate surface area is 110 Å². The van der Waals surface area contributed by atoms with Crippen LogP contribution in [0.25, 0.3) is 0 Å². The molecule has 1 amide bonds. The van der Waals surface area contributed by atoms with Crippen molar-refractivity contribution in [1.82, 2.24) is 9.88 Å². The van der Waals surface area contributed by atoms with E-state index in [0.29, 0.717) is 0 Å². The minimum absolute atomic E-state index is 0.0205. The van der Waals surface area contributed by atoms with Crippen LogP contribution in [0.15, 0.2) is 18.3 Å². The second kappa shape index (κ2) is 5.79. The number of aromatic nitrogens is 1. The molecular formula is C11H14N2O5S. The molecule has 1 N–H and O–H groups in total. The van der Waals surface area contributed by atoms with Crippen LogP contribution in [-0.4, -0.2) is 60.9 Å². The van der Waals surface area contributed by atoms with E-state index in [0.717, 1.165) is 11.2 Å². The molecule has 1 rings (SSSR count). The van der Waals surface area contributed by atoms with Crippen molar-refractivity contribution in [2.75, 3.05) is 25.6 Å². The molecule has 0 radical (unpaired) electrons. The highest BCUT2D eigenvalue weighted by molar-refractivity contribution is 7.90. The predicted octanol–water partition coefficient (Wildman–Crippen LogP) is -0.104. The van der Waals surface area contributed by atoms with Crippen LogP contribution in [0.3, 0.4) is 0 Å². The largest absolute Gasteiger partial charge is 0.478 e. The number of hydrogen-bond acceptors (Lipinski definition) is 5. The van der Waals surface area contributed by atoms with E-state index in [2.05, 4.69) is 4.98 Å². The van der Waals surface area contributed by atoms with E-state index in [1.54, 1.807) is 0 Å². The molecule has 0 aromatic carbocycles. The van der Waals surface area contributed by atoms with E-state index in [1.807, 2.05) is 0 Å². The van der Waals surface area contributed by atoms with Gasteiger partial charge in [-0.3, -0.25) is 9.78 Å². The number of carboxylic acids is 1. The average Bonchev–Trinajstić information content (AvgIpc) is 2.34. The Hall–Kier alpha value is -1.96. The summed E-state index contributed by atoms with van der Waals surface area (Å²) in [6.45, 7) is -0.0205. The van der Waals surface area contributed by atoms with E-state index >= 15 is 0 Å². The number of rotatable bonds is 5. The first kappa shape index (κ1) is 15.1. The number of carboxylic acid groups (broad SMARTS) is 1. The van der Waals surface area contributed by atoms with Gasteiger partial charge < -0.3 is 10.0 Å². The molecule has 104 valence electrons. The van der Waals surface area contributed by atoms with Crippen LogP contribution in [0, 0.1) is 0 Å². The Morgan fingerprint density at radius 2 is 2.05 bits per heavy atom. The normalized spacial score (nSPS) is 11.1. The number of carbonyl (C=O) groups is 2. The summed E-state index contributed by atoms with van der Waals surface area (Å²) < 4.78 is 22.0. The van der Waals surface area contributed by atoms with Crippen molar-refractivity contribution < 1.29 is 23.1 Å². The molecule has 0 saturated heterocycles. The topological polar surface area (TPSA) is 105 Å². The van der Waals surface area contributed by atoms with Gasteiger partial charge in [0.2, 0.25) is 0 Å². The summed E-state index contributed by atoms with van der Waals surface area (Å²) >= 11 is 0. The molecular weight excluding hydrogens is 272 g/mol. The molecule has 0 fully saturated rings. The summed E-state index contributed by atoms with van der Waals surface area (Å²) in [4.78, 5) is 27.8. The van der Waals surface area contributed by atoms with Gasteiger partial charge in [0.05, 0.1) is 11.3 Å². The fraction of sp³-hybridized carbons (Fsp3) is 0.364. The summed E-state index contributed by atoms with van der Waals surface area (Å²) in [6.07, 6.45) is 2.37. The molecule has 0 spiro atoms. The highest BCUT2D eigenvalue weighted by atomic mass is 32.2. The van der Waals surface area contributed by atoms with E-state index in [1.165, 1.54) is 25.4 Å². The molecule has 19 heavy (non-hydrogen) atoms. The van der Waals surface area contributed by atoms with Gasteiger partial charge in [0.25, 0.3) is 5.91 Å². The lowest BCUT2D eigenvalue weighted by atomic mass is 10.2. The van der Waals surface area contributed by atoms with Crippen molar-refractivity contribution in [3.63, 3.8) is 0 Å². The Bertz CT molecular complexity index is 597. The number of pyridine rings is 1. The zero-order valence-electron chi connectivity index (χ0n) is 10.5. The molecule has 1 aromatic heterocycles. The van der Waals surface area contributed by atoms with E-state index < -0.39 is 21.7 Å². The summed E-state index contributed by atoms with van der Waals surface area (Å²) in [5.74, 6) is -2.07. The van der Waals surface area contributed by atoms with Crippen molar-refractivity contribution in [3.8, 4) is 0 Å². The predicted molar refractivity (Wildman–Crippen MR) is 67.9 cm³/mol. The van der Waals surface area contributed by atoms with Gasteiger partial charge in [0.15, 0.2) is 0 Å². The molecule has 1 heterocycles. The quantitative estimate of drug-likeness (QED) is 0.810. The van der Waals surface area contributed by atoms with Crippen LogP contribution in [0.1, 0.15) is 20.8 Å². The zero-order valence-corrected chi connectivity index (χ0v) is 11.3. The van der Waals surface area contributed by atoms with E-state index in [9.17, 15) is 18.0 Å². The molecule has 7 nitrogen and oxygen atoms in total. The summed E-state index contributed by atoms with van der Waals surface area (Å²) in [6, 6.07) is 2.68. The van der Waals surface area contributed by atoms with Gasteiger partial charge in [-0.25, -0.2) is 13.2 Å². The molecule has 0 aliphatic heterocycles. The van der Waals surface area contributed by atoms with Crippen LogP contribution in [0.5, 0.6) is 0 Å². The van der Waals surface area contributed by atoms with E-state index in [4.69, 9.17) is 5.11 Å². The minimum atomic E-state index is -3.19. The molecule has 1 aromatic rings. The summed E-state index contributed by atoms with van der Waals surface area (Å²) in [7, 11) is -1.80. The fourth-order valence-electron chi connectivity index (χ4n) is 1.33. The van der Waals surface area contributed by atoms with Crippen LogP contribution in [0.2, 0.25) is 0 Å². The standard InChI is InChI=1S/C11H14N2O5S/c1-13(6-7-19(2,17)18)10(14)9-8(11(15)16)4-3-5-12-9/h3-5H,6-7H2,1-2H3,(H,15,16). The van der Waals surface area contributed by atoms with Gasteiger partial charge in [-0.1, -0.05) is 0 Å². The van der Waals surface area contributed by atoms with E-state index in [-0.39, 0.29) is 23.6 Å². The van der Waals surface area contributed by atoms with Gasteiger partial charge in [-0.15, -0.1) is 0 Å². The number of sulfone groups is 1. The van der Waals surface area contributed by atoms with Crippen molar-refractivity contribution in [2.45, 2.75) is 0 Å². The van der Waals surface area contributed by atoms with Crippen molar-refractivity contribution in [2.24, 2.45) is 0 Å². The first-order valence-electron chi connectivity index (χ1n) is 5.34. The van der Waals surface area contributed by atoms with Gasteiger partial charge in [-0.05, 0) is 12.1 Å². The maximum Gasteiger partial charge on any atom is 0.338 e. The Kier molecular flexibility index (Phi) is 4.60. The molecule has 0 aliphatic rings. The van der Waals surface area contributed by atoms with Crippen LogP contribution in [0.4, 0.5) is 0 Å². The molecule has 0 saturated carbocycles. The lowest BCUT2D eigenvalue weighted by molar-refractivity contribution is 0.0680. The summed E-state index contributed by atoms with van der Waals surface area (Å²) in [5.41, 5.74) is -0.412. The second-order valence-corrected chi connectivity index (χ2v) is 6.32. The Morgan fingerprint density at radius 3 is 2.58 bits per heavy atom. The van der Waals surface area contributed by atoms with Gasteiger partial charge >= 0.3 is 5.97 Å². The first-order valence-corrected chi connectivity index (χ1v) is 7.40. The maximum atomic E-state index is 12.0. The molecule has 0 bridgehead atoms. The van der Waals surface area contributed by atoms with Gasteiger partial charge in [-0.2, -0.15) is 0 Å². The number of carbonyl (C=O) groups excluding carboxylic acids is 1. The lowest BCUT2D eigenvalue weighted by Crippen LogP contribution is -2.33. The SMILES string of the molecule is CN(CCS(C)(=O)=O)C(=O)c1ncccc1C(=O)O. The molecule has 0 aliphatic carbocycles. The minimum Gasteiger partial charge on any atom is -0.478 e. The first-order chi connectivity index (χ1) is 8.72.